The topological polar surface area (TPSA) is 56.1 Å². The van der Waals surface area contributed by atoms with Crippen molar-refractivity contribution in [3.63, 3.8) is 0 Å². The Morgan fingerprint density at radius 2 is 2.17 bits per heavy atom. The first-order valence-corrected chi connectivity index (χ1v) is 8.10. The number of rotatable bonds is 5. The first-order chi connectivity index (χ1) is 11.2. The number of carbonyl (C=O) groups is 1. The summed E-state index contributed by atoms with van der Waals surface area (Å²) in [5.74, 6) is 0.937. The van der Waals surface area contributed by atoms with E-state index in [2.05, 4.69) is 10.4 Å². The van der Waals surface area contributed by atoms with Gasteiger partial charge in [-0.25, -0.2) is 0 Å². The van der Waals surface area contributed by atoms with E-state index in [4.69, 9.17) is 4.74 Å². The number of hydrogen-bond donors (Lipinski definition) is 1. The number of benzene rings is 1. The fraction of sp³-hybridized carbons (Fsp3) is 0.444. The number of amides is 1. The molecule has 3 rings (SSSR count). The Bertz CT molecular complexity index is 676. The van der Waals surface area contributed by atoms with E-state index in [1.807, 2.05) is 42.2 Å². The van der Waals surface area contributed by atoms with E-state index in [9.17, 15) is 4.79 Å². The molecule has 1 aromatic heterocycles. The van der Waals surface area contributed by atoms with Crippen LogP contribution in [0.4, 0.5) is 0 Å². The zero-order valence-electron chi connectivity index (χ0n) is 13.7. The Morgan fingerprint density at radius 3 is 2.91 bits per heavy atom. The van der Waals surface area contributed by atoms with E-state index < -0.39 is 0 Å². The van der Waals surface area contributed by atoms with Gasteiger partial charge in [-0.05, 0) is 43.4 Å². The van der Waals surface area contributed by atoms with Crippen molar-refractivity contribution in [1.82, 2.24) is 15.1 Å². The summed E-state index contributed by atoms with van der Waals surface area (Å²) in [6.07, 6.45) is 6.26. The summed E-state index contributed by atoms with van der Waals surface area (Å²) in [5, 5.41) is 7.48. The Morgan fingerprint density at radius 1 is 1.39 bits per heavy atom. The number of methoxy groups -OCH3 is 1. The van der Waals surface area contributed by atoms with Crippen molar-refractivity contribution in [3.05, 3.63) is 47.3 Å². The smallest absolute Gasteiger partial charge is 0.220 e. The highest BCUT2D eigenvalue weighted by molar-refractivity contribution is 5.76. The predicted octanol–water partition coefficient (Wildman–Crippen LogP) is 2.56. The lowest BCUT2D eigenvalue weighted by molar-refractivity contribution is -0.121. The van der Waals surface area contributed by atoms with Crippen LogP contribution in [0.25, 0.3) is 0 Å². The Hall–Kier alpha value is -2.30. The monoisotopic (exact) mass is 313 g/mol. The molecule has 0 radical (unpaired) electrons. The Kier molecular flexibility index (Phi) is 4.65. The summed E-state index contributed by atoms with van der Waals surface area (Å²) >= 11 is 0. The van der Waals surface area contributed by atoms with E-state index in [0.717, 1.165) is 37.0 Å². The van der Waals surface area contributed by atoms with Crippen LogP contribution in [0.3, 0.4) is 0 Å². The van der Waals surface area contributed by atoms with Crippen LogP contribution in [0.2, 0.25) is 0 Å². The van der Waals surface area contributed by atoms with Gasteiger partial charge in [0.05, 0.1) is 19.3 Å². The molecule has 5 nitrogen and oxygen atoms in total. The molecule has 23 heavy (non-hydrogen) atoms. The first kappa shape index (κ1) is 15.6. The van der Waals surface area contributed by atoms with Crippen molar-refractivity contribution in [1.29, 1.82) is 0 Å². The molecule has 1 N–H and O–H groups in total. The molecule has 1 heterocycles. The maximum atomic E-state index is 12.3. The number of carbonyl (C=O) groups excluding carboxylic acids is 1. The molecule has 1 aliphatic carbocycles. The molecule has 0 fully saturated rings. The van der Waals surface area contributed by atoms with Gasteiger partial charge in [0.2, 0.25) is 5.91 Å². The molecule has 1 amide bonds. The maximum Gasteiger partial charge on any atom is 0.220 e. The minimum absolute atomic E-state index is 0.0996. The van der Waals surface area contributed by atoms with E-state index in [-0.39, 0.29) is 11.9 Å². The lowest BCUT2D eigenvalue weighted by Gasteiger charge is -2.23. The maximum absolute atomic E-state index is 12.3. The van der Waals surface area contributed by atoms with Gasteiger partial charge in [-0.3, -0.25) is 9.48 Å². The van der Waals surface area contributed by atoms with Crippen molar-refractivity contribution in [3.8, 4) is 5.75 Å². The highest BCUT2D eigenvalue weighted by Crippen LogP contribution is 2.29. The second-order valence-corrected chi connectivity index (χ2v) is 6.03. The molecule has 2 aromatic rings. The summed E-state index contributed by atoms with van der Waals surface area (Å²) in [7, 11) is 3.62. The quantitative estimate of drug-likeness (QED) is 0.923. The molecule has 1 unspecified atom stereocenters. The van der Waals surface area contributed by atoms with Crippen LogP contribution in [0, 0.1) is 0 Å². The summed E-state index contributed by atoms with van der Waals surface area (Å²) in [6, 6.07) is 7.97. The van der Waals surface area contributed by atoms with Gasteiger partial charge >= 0.3 is 0 Å². The molecular weight excluding hydrogens is 290 g/mol. The van der Waals surface area contributed by atoms with Crippen molar-refractivity contribution < 1.29 is 9.53 Å². The summed E-state index contributed by atoms with van der Waals surface area (Å²) in [4.78, 5) is 12.3. The molecule has 0 saturated heterocycles. The summed E-state index contributed by atoms with van der Waals surface area (Å²) in [5.41, 5.74) is 3.57. The van der Waals surface area contributed by atoms with Gasteiger partial charge in [-0.1, -0.05) is 12.1 Å². The predicted molar refractivity (Wildman–Crippen MR) is 88.3 cm³/mol. The van der Waals surface area contributed by atoms with E-state index in [0.29, 0.717) is 6.42 Å². The second-order valence-electron chi connectivity index (χ2n) is 6.03. The van der Waals surface area contributed by atoms with Gasteiger partial charge in [0.15, 0.2) is 0 Å². The molecule has 122 valence electrons. The number of aryl methyl sites for hydroxylation is 2. The average Bonchev–Trinajstić information content (AvgIpc) is 2.96. The van der Waals surface area contributed by atoms with Crippen LogP contribution >= 0.6 is 0 Å². The third-order valence-corrected chi connectivity index (χ3v) is 4.51. The standard InChI is InChI=1S/C18H23N3O2/c1-21-17-5-3-4-16(15(17)12-19-21)20-18(22)11-8-13-6-9-14(23-2)10-7-13/h6-7,9-10,12,16H,3-5,8,11H2,1-2H3,(H,20,22). The van der Waals surface area contributed by atoms with Gasteiger partial charge in [0, 0.05) is 24.7 Å². The van der Waals surface area contributed by atoms with Crippen LogP contribution < -0.4 is 10.1 Å². The number of nitrogens with zero attached hydrogens (tertiary/aromatic N) is 2. The second kappa shape index (κ2) is 6.86. The van der Waals surface area contributed by atoms with E-state index in [1.54, 1.807) is 7.11 Å². The number of aromatic nitrogens is 2. The third kappa shape index (κ3) is 3.55. The summed E-state index contributed by atoms with van der Waals surface area (Å²) in [6.45, 7) is 0. The van der Waals surface area contributed by atoms with Gasteiger partial charge < -0.3 is 10.1 Å². The molecule has 0 bridgehead atoms. The van der Waals surface area contributed by atoms with Gasteiger partial charge in [-0.2, -0.15) is 5.10 Å². The zero-order valence-corrected chi connectivity index (χ0v) is 13.7. The lowest BCUT2D eigenvalue weighted by Crippen LogP contribution is -2.31. The average molecular weight is 313 g/mol. The molecule has 0 saturated carbocycles. The molecule has 5 heteroatoms. The SMILES string of the molecule is COc1ccc(CCC(=O)NC2CCCc3c2cnn3C)cc1. The van der Waals surface area contributed by atoms with Crippen LogP contribution in [-0.4, -0.2) is 22.8 Å². The fourth-order valence-electron chi connectivity index (χ4n) is 3.17. The molecule has 1 atom stereocenters. The van der Waals surface area contributed by atoms with E-state index in [1.165, 1.54) is 11.3 Å². The molecule has 1 aromatic carbocycles. The highest BCUT2D eigenvalue weighted by Gasteiger charge is 2.24. The normalized spacial score (nSPS) is 16.7. The molecule has 0 spiro atoms. The van der Waals surface area contributed by atoms with Crippen LogP contribution in [-0.2, 0) is 24.7 Å². The van der Waals surface area contributed by atoms with Crippen LogP contribution in [0.15, 0.2) is 30.5 Å². The zero-order chi connectivity index (χ0) is 16.2. The van der Waals surface area contributed by atoms with E-state index >= 15 is 0 Å². The summed E-state index contributed by atoms with van der Waals surface area (Å²) < 4.78 is 7.06. The highest BCUT2D eigenvalue weighted by atomic mass is 16.5. The van der Waals surface area contributed by atoms with Crippen molar-refractivity contribution in [2.45, 2.75) is 38.1 Å². The molecule has 0 aliphatic heterocycles. The molecular formula is C18H23N3O2. The van der Waals surface area contributed by atoms with Crippen molar-refractivity contribution in [2.24, 2.45) is 7.05 Å². The van der Waals surface area contributed by atoms with Gasteiger partial charge in [0.1, 0.15) is 5.75 Å². The fourth-order valence-corrected chi connectivity index (χ4v) is 3.17. The lowest BCUT2D eigenvalue weighted by atomic mass is 9.93. The van der Waals surface area contributed by atoms with Gasteiger partial charge in [-0.15, -0.1) is 0 Å². The molecule has 1 aliphatic rings. The minimum Gasteiger partial charge on any atom is -0.497 e. The van der Waals surface area contributed by atoms with Crippen molar-refractivity contribution >= 4 is 5.91 Å². The number of nitrogens with one attached hydrogen (secondary N) is 1. The number of fused-ring (bicyclic) bond motifs is 1. The Balaban J connectivity index is 1.55. The number of ether oxygens (including phenoxy) is 1. The van der Waals surface area contributed by atoms with Crippen LogP contribution in [0.1, 0.15) is 42.1 Å². The van der Waals surface area contributed by atoms with Crippen LogP contribution in [0.5, 0.6) is 5.75 Å². The van der Waals surface area contributed by atoms with Crippen molar-refractivity contribution in [2.75, 3.05) is 7.11 Å². The Labute approximate surface area is 136 Å². The minimum atomic E-state index is 0.0996. The third-order valence-electron chi connectivity index (χ3n) is 4.51. The van der Waals surface area contributed by atoms with Gasteiger partial charge in [0.25, 0.3) is 0 Å². The number of hydrogen-bond acceptors (Lipinski definition) is 3. The largest absolute Gasteiger partial charge is 0.497 e. The first-order valence-electron chi connectivity index (χ1n) is 8.10.